The van der Waals surface area contributed by atoms with Crippen molar-refractivity contribution in [2.75, 3.05) is 19.3 Å². The van der Waals surface area contributed by atoms with Crippen molar-refractivity contribution < 1.29 is 13.2 Å². The zero-order valence-electron chi connectivity index (χ0n) is 15.0. The second kappa shape index (κ2) is 7.28. The third-order valence-corrected chi connectivity index (χ3v) is 7.07. The van der Waals surface area contributed by atoms with E-state index in [4.69, 9.17) is 27.9 Å². The van der Waals surface area contributed by atoms with E-state index < -0.39 is 9.84 Å². The molecule has 0 aromatic heterocycles. The molecule has 1 fully saturated rings. The highest BCUT2D eigenvalue weighted by atomic mass is 35.5. The fourth-order valence-corrected chi connectivity index (χ4v) is 5.54. The van der Waals surface area contributed by atoms with Gasteiger partial charge in [-0.05, 0) is 62.2 Å². The summed E-state index contributed by atoms with van der Waals surface area (Å²) < 4.78 is 30.7. The van der Waals surface area contributed by atoms with Crippen molar-refractivity contribution in [3.8, 4) is 5.75 Å². The molecule has 1 aliphatic heterocycles. The van der Waals surface area contributed by atoms with Crippen LogP contribution in [0.1, 0.15) is 30.1 Å². The standard InChI is InChI=1S/C20H21Cl2NO3S/c1-27(24,25)19-7-3-2-6-18(19)26-20-15-10-13(21)11-16(22)14(15)12-17(20)23-8-4-5-9-23/h2-3,6-7,10-11,17,20H,4-5,8-9,12H2,1H3/t17-,20+/m0/s1. The van der Waals surface area contributed by atoms with E-state index in [1.54, 1.807) is 30.3 Å². The molecule has 4 rings (SSSR count). The second-order valence-corrected chi connectivity index (χ2v) is 10.1. The maximum Gasteiger partial charge on any atom is 0.179 e. The van der Waals surface area contributed by atoms with Gasteiger partial charge in [-0.25, -0.2) is 8.42 Å². The highest BCUT2D eigenvalue weighted by Crippen LogP contribution is 2.44. The lowest BCUT2D eigenvalue weighted by molar-refractivity contribution is 0.0916. The number of hydrogen-bond donors (Lipinski definition) is 0. The molecule has 2 aliphatic rings. The topological polar surface area (TPSA) is 46.6 Å². The Morgan fingerprint density at radius 1 is 1.11 bits per heavy atom. The Labute approximate surface area is 170 Å². The summed E-state index contributed by atoms with van der Waals surface area (Å²) in [6.45, 7) is 2.02. The van der Waals surface area contributed by atoms with Gasteiger partial charge in [-0.15, -0.1) is 0 Å². The molecule has 7 heteroatoms. The molecule has 0 saturated carbocycles. The first-order chi connectivity index (χ1) is 12.8. The van der Waals surface area contributed by atoms with Gasteiger partial charge in [0.2, 0.25) is 0 Å². The van der Waals surface area contributed by atoms with Gasteiger partial charge < -0.3 is 4.74 Å². The predicted octanol–water partition coefficient (Wildman–Crippen LogP) is 4.54. The number of benzene rings is 2. The van der Waals surface area contributed by atoms with Crippen LogP contribution in [0.25, 0.3) is 0 Å². The van der Waals surface area contributed by atoms with Gasteiger partial charge in [-0.2, -0.15) is 0 Å². The van der Waals surface area contributed by atoms with E-state index in [9.17, 15) is 8.42 Å². The summed E-state index contributed by atoms with van der Waals surface area (Å²) in [5.74, 6) is 0.373. The van der Waals surface area contributed by atoms with Crippen LogP contribution in [-0.2, 0) is 16.3 Å². The number of sulfone groups is 1. The molecule has 1 aliphatic carbocycles. The minimum absolute atomic E-state index is 0.117. The average molecular weight is 426 g/mol. The van der Waals surface area contributed by atoms with E-state index in [1.807, 2.05) is 6.07 Å². The molecule has 2 atom stereocenters. The monoisotopic (exact) mass is 425 g/mol. The van der Waals surface area contributed by atoms with Crippen LogP contribution in [0.2, 0.25) is 10.0 Å². The van der Waals surface area contributed by atoms with Gasteiger partial charge in [0, 0.05) is 21.9 Å². The SMILES string of the molecule is CS(=O)(=O)c1ccccc1O[C@@H]1c2cc(Cl)cc(Cl)c2C[C@@H]1N1CCCC1. The van der Waals surface area contributed by atoms with Crippen LogP contribution >= 0.6 is 23.2 Å². The second-order valence-electron chi connectivity index (χ2n) is 7.23. The van der Waals surface area contributed by atoms with Crippen LogP contribution in [0, 0.1) is 0 Å². The lowest BCUT2D eigenvalue weighted by atomic mass is 10.1. The molecular formula is C20H21Cl2NO3S. The van der Waals surface area contributed by atoms with Crippen LogP contribution < -0.4 is 4.74 Å². The largest absolute Gasteiger partial charge is 0.483 e. The van der Waals surface area contributed by atoms with Crippen LogP contribution in [-0.4, -0.2) is 38.7 Å². The Morgan fingerprint density at radius 3 is 2.52 bits per heavy atom. The number of fused-ring (bicyclic) bond motifs is 1. The van der Waals surface area contributed by atoms with E-state index in [0.717, 1.165) is 43.5 Å². The van der Waals surface area contributed by atoms with Crippen molar-refractivity contribution in [3.63, 3.8) is 0 Å². The predicted molar refractivity (Wildman–Crippen MR) is 108 cm³/mol. The number of ether oxygens (including phenoxy) is 1. The summed E-state index contributed by atoms with van der Waals surface area (Å²) in [5.41, 5.74) is 1.99. The zero-order valence-corrected chi connectivity index (χ0v) is 17.3. The van der Waals surface area contributed by atoms with Gasteiger partial charge in [0.15, 0.2) is 9.84 Å². The van der Waals surface area contributed by atoms with Crippen LogP contribution in [0.5, 0.6) is 5.75 Å². The fraction of sp³-hybridized carbons (Fsp3) is 0.400. The summed E-state index contributed by atoms with van der Waals surface area (Å²) >= 11 is 12.7. The summed E-state index contributed by atoms with van der Waals surface area (Å²) in [4.78, 5) is 2.62. The smallest absolute Gasteiger partial charge is 0.179 e. The number of halogens is 2. The molecule has 0 spiro atoms. The normalized spacial score (nSPS) is 22.8. The van der Waals surface area contributed by atoms with Crippen LogP contribution in [0.3, 0.4) is 0 Å². The first-order valence-electron chi connectivity index (χ1n) is 9.02. The summed E-state index contributed by atoms with van der Waals surface area (Å²) in [6, 6.07) is 10.6. The Kier molecular flexibility index (Phi) is 5.14. The van der Waals surface area contributed by atoms with Crippen LogP contribution in [0.15, 0.2) is 41.3 Å². The van der Waals surface area contributed by atoms with Crippen molar-refractivity contribution in [2.45, 2.75) is 36.3 Å². The number of nitrogens with zero attached hydrogens (tertiary/aromatic N) is 1. The van der Waals surface area contributed by atoms with Crippen molar-refractivity contribution in [1.29, 1.82) is 0 Å². The minimum Gasteiger partial charge on any atom is -0.483 e. The Bertz CT molecular complexity index is 971. The van der Waals surface area contributed by atoms with Crippen LogP contribution in [0.4, 0.5) is 0 Å². The number of hydrogen-bond acceptors (Lipinski definition) is 4. The Morgan fingerprint density at radius 2 is 1.81 bits per heavy atom. The molecule has 1 saturated heterocycles. The van der Waals surface area contributed by atoms with E-state index >= 15 is 0 Å². The van der Waals surface area contributed by atoms with Crippen molar-refractivity contribution in [3.05, 3.63) is 57.6 Å². The first-order valence-corrected chi connectivity index (χ1v) is 11.7. The van der Waals surface area contributed by atoms with E-state index in [2.05, 4.69) is 4.90 Å². The van der Waals surface area contributed by atoms with E-state index in [1.165, 1.54) is 6.26 Å². The first kappa shape index (κ1) is 19.1. The molecule has 0 bridgehead atoms. The molecule has 0 unspecified atom stereocenters. The van der Waals surface area contributed by atoms with Crippen molar-refractivity contribution in [2.24, 2.45) is 0 Å². The highest BCUT2D eigenvalue weighted by molar-refractivity contribution is 7.90. The third-order valence-electron chi connectivity index (χ3n) is 5.38. The molecule has 0 N–H and O–H groups in total. The number of rotatable bonds is 4. The molecule has 2 aromatic carbocycles. The molecule has 0 amide bonds. The van der Waals surface area contributed by atoms with Crippen molar-refractivity contribution >= 4 is 33.0 Å². The minimum atomic E-state index is -3.40. The van der Waals surface area contributed by atoms with Gasteiger partial charge in [0.1, 0.15) is 16.7 Å². The maximum atomic E-state index is 12.2. The lowest BCUT2D eigenvalue weighted by Crippen LogP contribution is -2.38. The van der Waals surface area contributed by atoms with Gasteiger partial charge in [-0.3, -0.25) is 4.90 Å². The summed E-state index contributed by atoms with van der Waals surface area (Å²) in [6.07, 6.45) is 3.99. The quantitative estimate of drug-likeness (QED) is 0.721. The molecule has 2 aromatic rings. The van der Waals surface area contributed by atoms with Gasteiger partial charge in [0.25, 0.3) is 0 Å². The molecule has 27 heavy (non-hydrogen) atoms. The van der Waals surface area contributed by atoms with Gasteiger partial charge >= 0.3 is 0 Å². The Hall–Kier alpha value is -1.27. The molecular weight excluding hydrogens is 405 g/mol. The lowest BCUT2D eigenvalue weighted by Gasteiger charge is -2.30. The van der Waals surface area contributed by atoms with Gasteiger partial charge in [0.05, 0.1) is 6.04 Å². The maximum absolute atomic E-state index is 12.2. The Balaban J connectivity index is 1.77. The van der Waals surface area contributed by atoms with E-state index in [0.29, 0.717) is 15.8 Å². The van der Waals surface area contributed by atoms with Gasteiger partial charge in [-0.1, -0.05) is 35.3 Å². The number of para-hydroxylation sites is 1. The molecule has 144 valence electrons. The fourth-order valence-electron chi connectivity index (χ4n) is 4.14. The zero-order chi connectivity index (χ0) is 19.2. The summed E-state index contributed by atoms with van der Waals surface area (Å²) in [5, 5.41) is 1.20. The molecule has 1 heterocycles. The molecule has 4 nitrogen and oxygen atoms in total. The number of likely N-dealkylation sites (tertiary alicyclic amines) is 1. The van der Waals surface area contributed by atoms with E-state index in [-0.39, 0.29) is 17.0 Å². The highest BCUT2D eigenvalue weighted by Gasteiger charge is 2.40. The third kappa shape index (κ3) is 3.70. The molecule has 0 radical (unpaired) electrons. The summed E-state index contributed by atoms with van der Waals surface area (Å²) in [7, 11) is -3.40. The average Bonchev–Trinajstić information content (AvgIpc) is 3.23. The van der Waals surface area contributed by atoms with Crippen molar-refractivity contribution in [1.82, 2.24) is 4.90 Å².